The molecule has 7 heteroatoms. The molecule has 1 atom stereocenters. The molecule has 1 aromatic carbocycles. The lowest BCUT2D eigenvalue weighted by Crippen LogP contribution is -2.28. The van der Waals surface area contributed by atoms with Gasteiger partial charge in [-0.25, -0.2) is 0 Å². The Hall–Kier alpha value is -1.01. The van der Waals surface area contributed by atoms with Gasteiger partial charge in [0.25, 0.3) is 0 Å². The average Bonchev–Trinajstić information content (AvgIpc) is 2.76. The summed E-state index contributed by atoms with van der Waals surface area (Å²) < 4.78 is 10.8. The van der Waals surface area contributed by atoms with Gasteiger partial charge in [-0.1, -0.05) is 17.7 Å². The van der Waals surface area contributed by atoms with Crippen molar-refractivity contribution in [1.29, 1.82) is 0 Å². The highest BCUT2D eigenvalue weighted by molar-refractivity contribution is 6.32. The summed E-state index contributed by atoms with van der Waals surface area (Å²) in [6, 6.07) is 3.93. The predicted molar refractivity (Wildman–Crippen MR) is 98.1 cm³/mol. The minimum atomic E-state index is -0.482. The van der Waals surface area contributed by atoms with Gasteiger partial charge in [-0.2, -0.15) is 0 Å². The maximum Gasteiger partial charge on any atom is 0.305 e. The standard InChI is InChI=1S/C17H25ClN2O3.ClH/c1-2-22-16(21)5-3-4-15(19)23-17-13-9-11-20-10-8-12(13)6-7-14(17)18;/h6-7,15,20H,2-5,8-11,19H2,1H3;1H. The van der Waals surface area contributed by atoms with Crippen LogP contribution in [0.2, 0.25) is 5.02 Å². The van der Waals surface area contributed by atoms with Crippen LogP contribution in [-0.2, 0) is 22.4 Å². The Morgan fingerprint density at radius 2 is 2.12 bits per heavy atom. The average molecular weight is 377 g/mol. The number of ether oxygens (including phenoxy) is 2. The van der Waals surface area contributed by atoms with Crippen LogP contribution in [0.3, 0.4) is 0 Å². The molecule has 1 aliphatic rings. The van der Waals surface area contributed by atoms with Gasteiger partial charge < -0.3 is 14.8 Å². The summed E-state index contributed by atoms with van der Waals surface area (Å²) in [7, 11) is 0. The first kappa shape index (κ1) is 21.0. The number of esters is 1. The minimum absolute atomic E-state index is 0. The highest BCUT2D eigenvalue weighted by atomic mass is 35.5. The number of hydrogen-bond acceptors (Lipinski definition) is 5. The van der Waals surface area contributed by atoms with Crippen LogP contribution in [-0.4, -0.2) is 31.9 Å². The van der Waals surface area contributed by atoms with Gasteiger partial charge in [-0.3, -0.25) is 10.5 Å². The Morgan fingerprint density at radius 1 is 1.38 bits per heavy atom. The molecule has 2 rings (SSSR count). The maximum absolute atomic E-state index is 11.3. The monoisotopic (exact) mass is 376 g/mol. The van der Waals surface area contributed by atoms with Crippen LogP contribution in [0.15, 0.2) is 12.1 Å². The number of carbonyl (C=O) groups excluding carboxylic acids is 1. The zero-order valence-electron chi connectivity index (χ0n) is 14.0. The first-order chi connectivity index (χ1) is 11.1. The van der Waals surface area contributed by atoms with Crippen LogP contribution < -0.4 is 15.8 Å². The SMILES string of the molecule is CCOC(=O)CCCC(N)Oc1c(Cl)ccc2c1CCNCC2.Cl. The lowest BCUT2D eigenvalue weighted by atomic mass is 10.0. The normalized spacial score (nSPS) is 14.8. The summed E-state index contributed by atoms with van der Waals surface area (Å²) in [4.78, 5) is 11.3. The molecular weight excluding hydrogens is 351 g/mol. The zero-order chi connectivity index (χ0) is 16.7. The lowest BCUT2D eigenvalue weighted by Gasteiger charge is -2.20. The molecule has 1 heterocycles. The molecule has 0 radical (unpaired) electrons. The maximum atomic E-state index is 11.3. The molecule has 0 saturated heterocycles. The Kier molecular flexibility index (Phi) is 9.44. The van der Waals surface area contributed by atoms with Crippen molar-refractivity contribution in [3.63, 3.8) is 0 Å². The van der Waals surface area contributed by atoms with Gasteiger partial charge in [0.05, 0.1) is 11.6 Å². The second kappa shape index (κ2) is 10.8. The second-order valence-corrected chi connectivity index (χ2v) is 6.02. The molecule has 0 saturated carbocycles. The highest BCUT2D eigenvalue weighted by Crippen LogP contribution is 2.33. The molecular formula is C17H26Cl2N2O3. The molecule has 1 unspecified atom stereocenters. The lowest BCUT2D eigenvalue weighted by molar-refractivity contribution is -0.143. The van der Waals surface area contributed by atoms with E-state index in [1.807, 2.05) is 6.07 Å². The van der Waals surface area contributed by atoms with Gasteiger partial charge in [0.2, 0.25) is 0 Å². The second-order valence-electron chi connectivity index (χ2n) is 5.62. The van der Waals surface area contributed by atoms with E-state index in [-0.39, 0.29) is 18.4 Å². The van der Waals surface area contributed by atoms with Crippen molar-refractivity contribution >= 4 is 30.0 Å². The van der Waals surface area contributed by atoms with E-state index in [9.17, 15) is 4.79 Å². The predicted octanol–water partition coefficient (Wildman–Crippen LogP) is 2.85. The van der Waals surface area contributed by atoms with Crippen LogP contribution in [0, 0.1) is 0 Å². The van der Waals surface area contributed by atoms with Crippen molar-refractivity contribution in [3.05, 3.63) is 28.3 Å². The smallest absolute Gasteiger partial charge is 0.305 e. The van der Waals surface area contributed by atoms with Crippen LogP contribution in [0.5, 0.6) is 5.75 Å². The number of nitrogens with two attached hydrogens (primary N) is 1. The topological polar surface area (TPSA) is 73.6 Å². The fourth-order valence-electron chi connectivity index (χ4n) is 2.73. The van der Waals surface area contributed by atoms with Gasteiger partial charge in [0.15, 0.2) is 0 Å². The summed E-state index contributed by atoms with van der Waals surface area (Å²) in [5.74, 6) is 0.494. The third-order valence-corrected chi connectivity index (χ3v) is 4.17. The molecule has 24 heavy (non-hydrogen) atoms. The third-order valence-electron chi connectivity index (χ3n) is 3.88. The van der Waals surface area contributed by atoms with Crippen molar-refractivity contribution in [1.82, 2.24) is 5.32 Å². The van der Waals surface area contributed by atoms with Crippen LogP contribution in [0.25, 0.3) is 0 Å². The van der Waals surface area contributed by atoms with E-state index in [2.05, 4.69) is 11.4 Å². The van der Waals surface area contributed by atoms with Gasteiger partial charge >= 0.3 is 5.97 Å². The van der Waals surface area contributed by atoms with Crippen LogP contribution >= 0.6 is 24.0 Å². The van der Waals surface area contributed by atoms with Crippen molar-refractivity contribution in [3.8, 4) is 5.75 Å². The van der Waals surface area contributed by atoms with Gasteiger partial charge in [0, 0.05) is 12.0 Å². The Bertz CT molecular complexity index is 541. The summed E-state index contributed by atoms with van der Waals surface area (Å²) in [6.07, 6.45) is 2.92. The molecule has 0 fully saturated rings. The first-order valence-electron chi connectivity index (χ1n) is 8.20. The number of carbonyl (C=O) groups is 1. The first-order valence-corrected chi connectivity index (χ1v) is 8.58. The number of halogens is 2. The van der Waals surface area contributed by atoms with Gasteiger partial charge in [-0.05, 0) is 57.3 Å². The number of nitrogens with one attached hydrogen (secondary N) is 1. The molecule has 3 N–H and O–H groups in total. The molecule has 0 bridgehead atoms. The number of hydrogen-bond donors (Lipinski definition) is 2. The molecule has 0 spiro atoms. The largest absolute Gasteiger partial charge is 0.474 e. The summed E-state index contributed by atoms with van der Waals surface area (Å²) >= 11 is 6.31. The summed E-state index contributed by atoms with van der Waals surface area (Å²) in [5, 5.41) is 3.96. The Labute approximate surface area is 154 Å². The Morgan fingerprint density at radius 3 is 2.88 bits per heavy atom. The van der Waals surface area contributed by atoms with Gasteiger partial charge in [-0.15, -0.1) is 12.4 Å². The quantitative estimate of drug-likeness (QED) is 0.565. The highest BCUT2D eigenvalue weighted by Gasteiger charge is 2.18. The van der Waals surface area contributed by atoms with Crippen molar-refractivity contribution < 1.29 is 14.3 Å². The molecule has 0 aliphatic carbocycles. The molecule has 1 aromatic rings. The number of fused-ring (bicyclic) bond motifs is 1. The van der Waals surface area contributed by atoms with E-state index >= 15 is 0 Å². The molecule has 5 nitrogen and oxygen atoms in total. The minimum Gasteiger partial charge on any atom is -0.474 e. The third kappa shape index (κ3) is 6.13. The molecule has 136 valence electrons. The summed E-state index contributed by atoms with van der Waals surface area (Å²) in [5.41, 5.74) is 8.46. The van der Waals surface area contributed by atoms with E-state index in [0.717, 1.165) is 31.5 Å². The van der Waals surface area contributed by atoms with Gasteiger partial charge in [0.1, 0.15) is 12.0 Å². The number of benzene rings is 1. The molecule has 0 aromatic heterocycles. The van der Waals surface area contributed by atoms with Crippen molar-refractivity contribution in [2.24, 2.45) is 5.73 Å². The van der Waals surface area contributed by atoms with Crippen molar-refractivity contribution in [2.75, 3.05) is 19.7 Å². The summed E-state index contributed by atoms with van der Waals surface area (Å²) in [6.45, 7) is 4.06. The molecule has 1 aliphatic heterocycles. The van der Waals surface area contributed by atoms with Crippen LogP contribution in [0.1, 0.15) is 37.3 Å². The molecule has 0 amide bonds. The van der Waals surface area contributed by atoms with E-state index in [1.54, 1.807) is 6.92 Å². The van der Waals surface area contributed by atoms with E-state index in [1.165, 1.54) is 5.56 Å². The number of rotatable bonds is 7. The van der Waals surface area contributed by atoms with E-state index < -0.39 is 6.23 Å². The van der Waals surface area contributed by atoms with E-state index in [0.29, 0.717) is 36.6 Å². The van der Waals surface area contributed by atoms with Crippen molar-refractivity contribution in [2.45, 2.75) is 45.3 Å². The zero-order valence-corrected chi connectivity index (χ0v) is 15.5. The van der Waals surface area contributed by atoms with Crippen LogP contribution in [0.4, 0.5) is 0 Å². The van der Waals surface area contributed by atoms with E-state index in [4.69, 9.17) is 26.8 Å². The Balaban J connectivity index is 0.00000288. The fraction of sp³-hybridized carbons (Fsp3) is 0.588. The fourth-order valence-corrected chi connectivity index (χ4v) is 2.95.